The van der Waals surface area contributed by atoms with Crippen molar-refractivity contribution in [2.24, 2.45) is 0 Å². The number of benzene rings is 1. The van der Waals surface area contributed by atoms with Crippen molar-refractivity contribution in [2.75, 3.05) is 20.1 Å². The second kappa shape index (κ2) is 4.36. The molecule has 0 amide bonds. The van der Waals surface area contributed by atoms with E-state index in [1.165, 1.54) is 42.4 Å². The van der Waals surface area contributed by atoms with Crippen LogP contribution in [-0.4, -0.2) is 24.6 Å². The van der Waals surface area contributed by atoms with E-state index in [4.69, 9.17) is 0 Å². The Balaban J connectivity index is 2.21. The van der Waals surface area contributed by atoms with E-state index in [0.29, 0.717) is 0 Å². The van der Waals surface area contributed by atoms with Gasteiger partial charge in [-0.1, -0.05) is 37.3 Å². The summed E-state index contributed by atoms with van der Waals surface area (Å²) in [5.41, 5.74) is 1.53. The van der Waals surface area contributed by atoms with E-state index in [1.807, 2.05) is 0 Å². The van der Waals surface area contributed by atoms with Crippen LogP contribution in [0.2, 0.25) is 0 Å². The van der Waals surface area contributed by atoms with Gasteiger partial charge in [0.2, 0.25) is 0 Å². The summed E-state index contributed by atoms with van der Waals surface area (Å²) in [4.78, 5) is 0. The zero-order valence-electron chi connectivity index (χ0n) is 9.95. The number of hydrogen-bond donors (Lipinski definition) is 0. The molecule has 2 unspecified atom stereocenters. The van der Waals surface area contributed by atoms with E-state index in [1.54, 1.807) is 0 Å². The standard InChI is InChI=1S/C14H22N/c1-3-11-15(2)12-7-10-14(15)13-8-5-4-6-9-13/h4-6,8-9,14H,3,7,10-12H2,1-2H3/q+1. The second-order valence-electron chi connectivity index (χ2n) is 5.00. The van der Waals surface area contributed by atoms with Crippen molar-refractivity contribution < 1.29 is 4.48 Å². The second-order valence-corrected chi connectivity index (χ2v) is 5.00. The largest absolute Gasteiger partial charge is 0.320 e. The molecule has 1 aliphatic heterocycles. The van der Waals surface area contributed by atoms with Gasteiger partial charge in [0.1, 0.15) is 6.04 Å². The quantitative estimate of drug-likeness (QED) is 0.662. The fraction of sp³-hybridized carbons (Fsp3) is 0.571. The van der Waals surface area contributed by atoms with Gasteiger partial charge in [-0.15, -0.1) is 0 Å². The van der Waals surface area contributed by atoms with Crippen LogP contribution in [0, 0.1) is 0 Å². The third kappa shape index (κ3) is 2.07. The van der Waals surface area contributed by atoms with E-state index in [-0.39, 0.29) is 0 Å². The number of likely N-dealkylation sites (tertiary alicyclic amines) is 1. The summed E-state index contributed by atoms with van der Waals surface area (Å²) in [5, 5.41) is 0. The van der Waals surface area contributed by atoms with Crippen LogP contribution in [0.4, 0.5) is 0 Å². The molecular weight excluding hydrogens is 182 g/mol. The molecule has 2 atom stereocenters. The Bertz CT molecular complexity index is 306. The minimum absolute atomic E-state index is 0.742. The molecule has 15 heavy (non-hydrogen) atoms. The Hall–Kier alpha value is -0.820. The zero-order chi connectivity index (χ0) is 10.7. The molecule has 0 aliphatic carbocycles. The maximum Gasteiger partial charge on any atom is 0.115 e. The highest BCUT2D eigenvalue weighted by Crippen LogP contribution is 2.37. The third-order valence-electron chi connectivity index (χ3n) is 3.82. The summed E-state index contributed by atoms with van der Waals surface area (Å²) < 4.78 is 1.25. The third-order valence-corrected chi connectivity index (χ3v) is 3.82. The van der Waals surface area contributed by atoms with Crippen LogP contribution in [0.1, 0.15) is 37.8 Å². The van der Waals surface area contributed by atoms with E-state index >= 15 is 0 Å². The minimum Gasteiger partial charge on any atom is -0.320 e. The summed E-state index contributed by atoms with van der Waals surface area (Å²) in [6, 6.07) is 11.8. The normalized spacial score (nSPS) is 30.7. The van der Waals surface area contributed by atoms with Crippen molar-refractivity contribution >= 4 is 0 Å². The lowest BCUT2D eigenvalue weighted by atomic mass is 10.0. The first-order chi connectivity index (χ1) is 7.26. The zero-order valence-corrected chi connectivity index (χ0v) is 9.95. The van der Waals surface area contributed by atoms with Gasteiger partial charge in [-0.05, 0) is 6.42 Å². The fourth-order valence-corrected chi connectivity index (χ4v) is 3.09. The molecule has 82 valence electrons. The first-order valence-corrected chi connectivity index (χ1v) is 6.15. The molecule has 1 saturated heterocycles. The van der Waals surface area contributed by atoms with E-state index in [9.17, 15) is 0 Å². The first-order valence-electron chi connectivity index (χ1n) is 6.15. The maximum atomic E-state index is 2.42. The summed E-state index contributed by atoms with van der Waals surface area (Å²) in [5.74, 6) is 0. The Kier molecular flexibility index (Phi) is 3.11. The number of quaternary nitrogens is 1. The first kappa shape index (κ1) is 10.7. The fourth-order valence-electron chi connectivity index (χ4n) is 3.09. The smallest absolute Gasteiger partial charge is 0.115 e. The highest BCUT2D eigenvalue weighted by atomic mass is 15.4. The van der Waals surface area contributed by atoms with Crippen LogP contribution in [0.25, 0.3) is 0 Å². The van der Waals surface area contributed by atoms with Gasteiger partial charge in [-0.25, -0.2) is 0 Å². The molecule has 1 nitrogen and oxygen atoms in total. The van der Waals surface area contributed by atoms with E-state index in [2.05, 4.69) is 44.3 Å². The Morgan fingerprint density at radius 1 is 1.27 bits per heavy atom. The molecule has 2 rings (SSSR count). The lowest BCUT2D eigenvalue weighted by molar-refractivity contribution is -0.926. The van der Waals surface area contributed by atoms with Crippen LogP contribution in [0.15, 0.2) is 30.3 Å². The molecule has 1 aromatic carbocycles. The van der Waals surface area contributed by atoms with Gasteiger partial charge in [0, 0.05) is 18.4 Å². The van der Waals surface area contributed by atoms with Crippen LogP contribution in [0.5, 0.6) is 0 Å². The summed E-state index contributed by atoms with van der Waals surface area (Å²) in [6.45, 7) is 4.97. The molecule has 0 aromatic heterocycles. The lowest BCUT2D eigenvalue weighted by Crippen LogP contribution is -2.43. The Labute approximate surface area is 93.3 Å². The summed E-state index contributed by atoms with van der Waals surface area (Å²) in [7, 11) is 2.42. The molecule has 0 bridgehead atoms. The minimum atomic E-state index is 0.742. The molecule has 0 saturated carbocycles. The van der Waals surface area contributed by atoms with Crippen LogP contribution >= 0.6 is 0 Å². The van der Waals surface area contributed by atoms with Gasteiger partial charge >= 0.3 is 0 Å². The van der Waals surface area contributed by atoms with Crippen molar-refractivity contribution in [1.29, 1.82) is 0 Å². The molecular formula is C14H22N+. The van der Waals surface area contributed by atoms with Gasteiger partial charge in [0.15, 0.2) is 0 Å². The van der Waals surface area contributed by atoms with Gasteiger partial charge in [-0.2, -0.15) is 0 Å². The molecule has 1 heteroatoms. The summed E-state index contributed by atoms with van der Waals surface area (Å²) >= 11 is 0. The molecule has 1 aromatic rings. The van der Waals surface area contributed by atoms with Crippen LogP contribution < -0.4 is 0 Å². The van der Waals surface area contributed by atoms with Crippen molar-refractivity contribution in [1.82, 2.24) is 0 Å². The topological polar surface area (TPSA) is 0 Å². The highest BCUT2D eigenvalue weighted by Gasteiger charge is 2.37. The SMILES string of the molecule is CCC[N+]1(C)CCCC1c1ccccc1. The Morgan fingerprint density at radius 2 is 2.00 bits per heavy atom. The average Bonchev–Trinajstić information content (AvgIpc) is 2.62. The Morgan fingerprint density at radius 3 is 2.67 bits per heavy atom. The van der Waals surface area contributed by atoms with Crippen molar-refractivity contribution in [3.05, 3.63) is 35.9 Å². The predicted molar refractivity (Wildman–Crippen MR) is 64.6 cm³/mol. The average molecular weight is 204 g/mol. The van der Waals surface area contributed by atoms with Gasteiger partial charge in [0.25, 0.3) is 0 Å². The van der Waals surface area contributed by atoms with E-state index < -0.39 is 0 Å². The van der Waals surface area contributed by atoms with Gasteiger partial charge < -0.3 is 4.48 Å². The van der Waals surface area contributed by atoms with Crippen molar-refractivity contribution in [3.8, 4) is 0 Å². The van der Waals surface area contributed by atoms with Gasteiger partial charge in [0.05, 0.1) is 20.1 Å². The molecule has 1 aliphatic rings. The molecule has 0 spiro atoms. The van der Waals surface area contributed by atoms with Gasteiger partial charge in [-0.3, -0.25) is 0 Å². The maximum absolute atomic E-state index is 2.42. The highest BCUT2D eigenvalue weighted by molar-refractivity contribution is 5.18. The summed E-state index contributed by atoms with van der Waals surface area (Å²) in [6.07, 6.45) is 4.04. The van der Waals surface area contributed by atoms with Crippen molar-refractivity contribution in [2.45, 2.75) is 32.2 Å². The monoisotopic (exact) mass is 204 g/mol. The van der Waals surface area contributed by atoms with Crippen LogP contribution in [-0.2, 0) is 0 Å². The van der Waals surface area contributed by atoms with E-state index in [0.717, 1.165) is 6.04 Å². The van der Waals surface area contributed by atoms with Crippen LogP contribution in [0.3, 0.4) is 0 Å². The molecule has 1 heterocycles. The lowest BCUT2D eigenvalue weighted by Gasteiger charge is -2.36. The number of nitrogens with zero attached hydrogens (tertiary/aromatic N) is 1. The molecule has 0 N–H and O–H groups in total. The molecule has 0 radical (unpaired) electrons. The number of hydrogen-bond acceptors (Lipinski definition) is 0. The predicted octanol–water partition coefficient (Wildman–Crippen LogP) is 3.38. The molecule has 1 fully saturated rings. The van der Waals surface area contributed by atoms with Crippen molar-refractivity contribution in [3.63, 3.8) is 0 Å². The number of rotatable bonds is 3.